The van der Waals surface area contributed by atoms with E-state index < -0.39 is 0 Å². The Kier molecular flexibility index (Phi) is 5.47. The number of hydrogen-bond donors (Lipinski definition) is 0. The van der Waals surface area contributed by atoms with Crippen molar-refractivity contribution in [1.29, 1.82) is 0 Å². The van der Waals surface area contributed by atoms with Crippen LogP contribution in [0, 0.1) is 0 Å². The second-order valence-electron chi connectivity index (χ2n) is 3.65. The van der Waals surface area contributed by atoms with Crippen LogP contribution in [0.5, 0.6) is 11.5 Å². The molecule has 0 aliphatic carbocycles. The lowest BCUT2D eigenvalue weighted by Crippen LogP contribution is -2.12. The maximum absolute atomic E-state index is 5.90. The summed E-state index contributed by atoms with van der Waals surface area (Å²) in [5, 5.41) is 0. The van der Waals surface area contributed by atoms with Crippen LogP contribution in [0.4, 0.5) is 0 Å². The summed E-state index contributed by atoms with van der Waals surface area (Å²) in [7, 11) is 0. The van der Waals surface area contributed by atoms with E-state index in [-0.39, 0.29) is 6.10 Å². The van der Waals surface area contributed by atoms with Gasteiger partial charge in [0.05, 0.1) is 18.6 Å². The third-order valence-corrected chi connectivity index (χ3v) is 2.69. The summed E-state index contributed by atoms with van der Waals surface area (Å²) in [6.45, 7) is 6.72. The van der Waals surface area contributed by atoms with Gasteiger partial charge in [-0.3, -0.25) is 0 Å². The van der Waals surface area contributed by atoms with Gasteiger partial charge in [-0.1, -0.05) is 19.1 Å². The molecule has 3 heteroatoms. The van der Waals surface area contributed by atoms with E-state index in [1.54, 1.807) is 0 Å². The van der Waals surface area contributed by atoms with Crippen molar-refractivity contribution >= 4 is 11.6 Å². The van der Waals surface area contributed by atoms with Crippen molar-refractivity contribution in [2.75, 3.05) is 6.61 Å². The Morgan fingerprint density at radius 3 is 2.62 bits per heavy atom. The normalized spacial score (nSPS) is 12.2. The van der Waals surface area contributed by atoms with Gasteiger partial charge in [-0.05, 0) is 26.3 Å². The van der Waals surface area contributed by atoms with E-state index in [0.717, 1.165) is 23.5 Å². The summed E-state index contributed by atoms with van der Waals surface area (Å²) in [5.41, 5.74) is 0.980. The van der Waals surface area contributed by atoms with Crippen molar-refractivity contribution in [3.8, 4) is 11.5 Å². The zero-order chi connectivity index (χ0) is 12.0. The Morgan fingerprint density at radius 2 is 2.06 bits per heavy atom. The van der Waals surface area contributed by atoms with E-state index >= 15 is 0 Å². The van der Waals surface area contributed by atoms with Gasteiger partial charge in [0.2, 0.25) is 0 Å². The molecule has 1 aromatic rings. The minimum Gasteiger partial charge on any atom is -0.490 e. The highest BCUT2D eigenvalue weighted by molar-refractivity contribution is 6.17. The van der Waals surface area contributed by atoms with E-state index in [9.17, 15) is 0 Å². The van der Waals surface area contributed by atoms with Crippen LogP contribution < -0.4 is 9.47 Å². The molecule has 0 amide bonds. The van der Waals surface area contributed by atoms with Gasteiger partial charge in [-0.15, -0.1) is 11.6 Å². The van der Waals surface area contributed by atoms with Gasteiger partial charge in [-0.2, -0.15) is 0 Å². The topological polar surface area (TPSA) is 18.5 Å². The number of para-hydroxylation sites is 1. The Bertz CT molecular complexity index is 326. The molecule has 2 nitrogen and oxygen atoms in total. The molecule has 0 spiro atoms. The molecule has 1 aromatic carbocycles. The summed E-state index contributed by atoms with van der Waals surface area (Å²) in [6.07, 6.45) is 1.13. The van der Waals surface area contributed by atoms with E-state index in [1.807, 2.05) is 32.0 Å². The number of alkyl halides is 1. The van der Waals surface area contributed by atoms with Crippen molar-refractivity contribution < 1.29 is 9.47 Å². The van der Waals surface area contributed by atoms with Gasteiger partial charge in [0.1, 0.15) is 0 Å². The molecule has 0 N–H and O–H groups in total. The van der Waals surface area contributed by atoms with Gasteiger partial charge in [0.15, 0.2) is 11.5 Å². The highest BCUT2D eigenvalue weighted by Crippen LogP contribution is 2.33. The van der Waals surface area contributed by atoms with Crippen LogP contribution in [0.15, 0.2) is 18.2 Å². The molecular formula is C13H19ClO2. The van der Waals surface area contributed by atoms with Crippen molar-refractivity contribution in [3.63, 3.8) is 0 Å². The summed E-state index contributed by atoms with van der Waals surface area (Å²) in [4.78, 5) is 0. The molecule has 1 atom stereocenters. The highest BCUT2D eigenvalue weighted by atomic mass is 35.5. The summed E-state index contributed by atoms with van der Waals surface area (Å²) in [5.74, 6) is 2.00. The van der Waals surface area contributed by atoms with Crippen molar-refractivity contribution in [1.82, 2.24) is 0 Å². The first-order chi connectivity index (χ1) is 7.72. The first-order valence-corrected chi connectivity index (χ1v) is 6.23. The molecule has 1 unspecified atom stereocenters. The van der Waals surface area contributed by atoms with Crippen molar-refractivity contribution in [2.45, 2.75) is 39.2 Å². The molecule has 0 saturated carbocycles. The quantitative estimate of drug-likeness (QED) is 0.702. The van der Waals surface area contributed by atoms with E-state index in [4.69, 9.17) is 21.1 Å². The lowest BCUT2D eigenvalue weighted by molar-refractivity contribution is 0.201. The second-order valence-corrected chi connectivity index (χ2v) is 3.92. The maximum atomic E-state index is 5.90. The minimum absolute atomic E-state index is 0.170. The first-order valence-electron chi connectivity index (χ1n) is 5.70. The average Bonchev–Trinajstić information content (AvgIpc) is 2.31. The van der Waals surface area contributed by atoms with Crippen LogP contribution in [0.3, 0.4) is 0 Å². The number of ether oxygens (including phenoxy) is 2. The molecule has 0 fully saturated rings. The molecule has 0 aliphatic rings. The van der Waals surface area contributed by atoms with Gasteiger partial charge >= 0.3 is 0 Å². The maximum Gasteiger partial charge on any atom is 0.165 e. The Balaban J connectivity index is 2.99. The number of hydrogen-bond acceptors (Lipinski definition) is 2. The molecule has 1 rings (SSSR count). The fourth-order valence-electron chi connectivity index (χ4n) is 1.35. The van der Waals surface area contributed by atoms with Crippen LogP contribution in [0.25, 0.3) is 0 Å². The van der Waals surface area contributed by atoms with Crippen LogP contribution in [-0.4, -0.2) is 12.7 Å². The molecule has 0 heterocycles. The lowest BCUT2D eigenvalue weighted by atomic mass is 10.2. The fraction of sp³-hybridized carbons (Fsp3) is 0.538. The van der Waals surface area contributed by atoms with E-state index in [2.05, 4.69) is 6.92 Å². The van der Waals surface area contributed by atoms with Crippen LogP contribution in [0.1, 0.15) is 32.8 Å². The minimum atomic E-state index is 0.170. The standard InChI is InChI=1S/C13H19ClO2/c1-4-10(3)16-13-11(9-14)7-6-8-12(13)15-5-2/h6-8,10H,4-5,9H2,1-3H3. The molecule has 0 aliphatic heterocycles. The predicted molar refractivity (Wildman–Crippen MR) is 67.5 cm³/mol. The molecule has 16 heavy (non-hydrogen) atoms. The monoisotopic (exact) mass is 242 g/mol. The molecule has 90 valence electrons. The third kappa shape index (κ3) is 3.31. The summed E-state index contributed by atoms with van der Waals surface area (Å²) >= 11 is 5.90. The zero-order valence-electron chi connectivity index (χ0n) is 10.1. The lowest BCUT2D eigenvalue weighted by Gasteiger charge is -2.18. The highest BCUT2D eigenvalue weighted by Gasteiger charge is 2.12. The molecular weight excluding hydrogens is 224 g/mol. The summed E-state index contributed by atoms with van der Waals surface area (Å²) < 4.78 is 11.4. The molecule has 0 bridgehead atoms. The average molecular weight is 243 g/mol. The van der Waals surface area contributed by atoms with Gasteiger partial charge in [0.25, 0.3) is 0 Å². The van der Waals surface area contributed by atoms with Crippen LogP contribution >= 0.6 is 11.6 Å². The Labute approximate surface area is 103 Å². The molecule has 0 radical (unpaired) electrons. The largest absolute Gasteiger partial charge is 0.490 e. The fourth-order valence-corrected chi connectivity index (χ4v) is 1.56. The van der Waals surface area contributed by atoms with Gasteiger partial charge < -0.3 is 9.47 Å². The Morgan fingerprint density at radius 1 is 1.31 bits per heavy atom. The summed E-state index contributed by atoms with van der Waals surface area (Å²) in [6, 6.07) is 5.82. The van der Waals surface area contributed by atoms with Crippen molar-refractivity contribution in [2.24, 2.45) is 0 Å². The Hall–Kier alpha value is -0.890. The van der Waals surface area contributed by atoms with E-state index in [0.29, 0.717) is 12.5 Å². The van der Waals surface area contributed by atoms with Crippen molar-refractivity contribution in [3.05, 3.63) is 23.8 Å². The van der Waals surface area contributed by atoms with E-state index in [1.165, 1.54) is 0 Å². The number of rotatable bonds is 6. The second kappa shape index (κ2) is 6.64. The number of halogens is 1. The predicted octanol–water partition coefficient (Wildman–Crippen LogP) is 4.00. The van der Waals surface area contributed by atoms with Gasteiger partial charge in [-0.25, -0.2) is 0 Å². The molecule has 0 saturated heterocycles. The van der Waals surface area contributed by atoms with Gasteiger partial charge in [0, 0.05) is 5.56 Å². The van der Waals surface area contributed by atoms with Crippen LogP contribution in [-0.2, 0) is 5.88 Å². The SMILES string of the molecule is CCOc1cccc(CCl)c1OC(C)CC. The molecule has 0 aromatic heterocycles. The first kappa shape index (κ1) is 13.2. The number of benzene rings is 1. The third-order valence-electron chi connectivity index (χ3n) is 2.40. The van der Waals surface area contributed by atoms with Crippen LogP contribution in [0.2, 0.25) is 0 Å². The smallest absolute Gasteiger partial charge is 0.165 e. The zero-order valence-corrected chi connectivity index (χ0v) is 10.9.